The number of carbonyl (C=O) groups is 3. The lowest BCUT2D eigenvalue weighted by atomic mass is 9.73. The largest absolute Gasteiger partial charge is 0.481 e. The molecule has 6 aliphatic carbocycles. The molecule has 0 spiro atoms. The number of aliphatic hydroxyl groups is 9. The summed E-state index contributed by atoms with van der Waals surface area (Å²) in [6, 6.07) is 0. The number of hydrogen-bond acceptors (Lipinski definition) is 12. The molecular weight excluding hydrogens is 1320 g/mol. The van der Waals surface area contributed by atoms with Crippen molar-refractivity contribution in [3.63, 3.8) is 0 Å². The molecule has 15 nitrogen and oxygen atoms in total. The molecule has 0 aliphatic heterocycles. The van der Waals surface area contributed by atoms with Gasteiger partial charge in [0.2, 0.25) is 0 Å². The van der Waals surface area contributed by atoms with Crippen LogP contribution in [0.5, 0.6) is 0 Å². The van der Waals surface area contributed by atoms with Crippen molar-refractivity contribution in [1.82, 2.24) is 0 Å². The third-order valence-electron chi connectivity index (χ3n) is 27.0. The molecule has 0 radical (unpaired) electrons. The number of rotatable bonds is 42. The van der Waals surface area contributed by atoms with E-state index in [4.69, 9.17) is 0 Å². The van der Waals surface area contributed by atoms with Crippen molar-refractivity contribution in [3.05, 3.63) is 36.5 Å². The highest BCUT2D eigenvalue weighted by Crippen LogP contribution is 2.43. The van der Waals surface area contributed by atoms with E-state index >= 15 is 0 Å². The molecule has 0 saturated heterocycles. The zero-order chi connectivity index (χ0) is 78.2. The number of unbranched alkanes of at least 4 members (excludes halogenated alkanes) is 6. The van der Waals surface area contributed by atoms with Crippen LogP contribution in [-0.2, 0) is 14.4 Å². The van der Waals surface area contributed by atoms with Crippen LogP contribution in [0.1, 0.15) is 353 Å². The van der Waals surface area contributed by atoms with Crippen molar-refractivity contribution in [2.24, 2.45) is 104 Å². The molecule has 15 heteroatoms. The molecule has 6 aliphatic rings. The van der Waals surface area contributed by atoms with Crippen LogP contribution < -0.4 is 0 Å². The van der Waals surface area contributed by atoms with Crippen molar-refractivity contribution < 1.29 is 75.7 Å². The molecule has 105 heavy (non-hydrogen) atoms. The van der Waals surface area contributed by atoms with Gasteiger partial charge in [0.25, 0.3) is 0 Å². The van der Waals surface area contributed by atoms with Crippen molar-refractivity contribution in [1.29, 1.82) is 0 Å². The Morgan fingerprint density at radius 3 is 0.552 bits per heavy atom. The Kier molecular flexibility index (Phi) is 42.3. The van der Waals surface area contributed by atoms with Gasteiger partial charge in [0.05, 0.1) is 52.9 Å². The van der Waals surface area contributed by atoms with E-state index in [0.717, 1.165) is 238 Å². The zero-order valence-corrected chi connectivity index (χ0v) is 68.8. The normalized spacial score (nSPS) is 30.6. The maximum absolute atomic E-state index is 11.3. The molecule has 0 heterocycles. The first kappa shape index (κ1) is 94.6. The van der Waals surface area contributed by atoms with Gasteiger partial charge >= 0.3 is 17.9 Å². The van der Waals surface area contributed by atoms with E-state index in [1.165, 1.54) is 12.8 Å². The van der Waals surface area contributed by atoms with Crippen molar-refractivity contribution >= 4 is 17.9 Å². The molecule has 6 rings (SSSR count). The molecule has 18 atom stereocenters. The van der Waals surface area contributed by atoms with Gasteiger partial charge in [-0.1, -0.05) is 194 Å². The van der Waals surface area contributed by atoms with Crippen LogP contribution in [0.25, 0.3) is 0 Å². The lowest BCUT2D eigenvalue weighted by molar-refractivity contribution is -0.148. The summed E-state index contributed by atoms with van der Waals surface area (Å²) in [7, 11) is 0. The second-order valence-electron chi connectivity index (χ2n) is 39.2. The SMILES string of the molecule is CC(C)(CCCCC1CCCC(/C=C\C2CCCC(CCCCC(C)(C)C(=O)O)C2O)C1O)C(=O)O.CC(C)(CO)CCCCC1CCCC(/C=C\C2CCCC(CCCCC(C)(C)C(=O)O)C2O)C1O.CC(C)(CO)CCCCC1CCCC(/C=C\C2CCCC(CCCCC(C)(C)CO)C2O)C1O. The molecule has 18 unspecified atom stereocenters. The van der Waals surface area contributed by atoms with Gasteiger partial charge in [-0.3, -0.25) is 14.4 Å². The van der Waals surface area contributed by atoms with E-state index in [9.17, 15) is 75.7 Å². The van der Waals surface area contributed by atoms with Gasteiger partial charge in [0, 0.05) is 55.3 Å². The Morgan fingerprint density at radius 1 is 0.257 bits per heavy atom. The second kappa shape index (κ2) is 46.9. The summed E-state index contributed by atoms with van der Waals surface area (Å²) >= 11 is 0. The molecule has 0 aromatic heterocycles. The third-order valence-corrected chi connectivity index (χ3v) is 27.0. The number of hydrogen-bond donors (Lipinski definition) is 12. The van der Waals surface area contributed by atoms with Crippen LogP contribution in [0.2, 0.25) is 0 Å². The Balaban J connectivity index is 0.000000333. The van der Waals surface area contributed by atoms with Gasteiger partial charge < -0.3 is 61.3 Å². The molecule has 0 aromatic rings. The fourth-order valence-electron chi connectivity index (χ4n) is 18.4. The minimum Gasteiger partial charge on any atom is -0.481 e. The molecule has 12 N–H and O–H groups in total. The zero-order valence-electron chi connectivity index (χ0n) is 68.8. The minimum atomic E-state index is -0.750. The van der Waals surface area contributed by atoms with Gasteiger partial charge in [-0.25, -0.2) is 0 Å². The van der Waals surface area contributed by atoms with E-state index in [1.54, 1.807) is 41.5 Å². The van der Waals surface area contributed by atoms with E-state index < -0.39 is 34.2 Å². The average Bonchev–Trinajstić information content (AvgIpc) is 0.846. The number of aliphatic hydroxyl groups excluding tert-OH is 9. The summed E-state index contributed by atoms with van der Waals surface area (Å²) in [6.45, 7) is 24.0. The fraction of sp³-hybridized carbons (Fsp3) is 0.900. The molecule has 6 fully saturated rings. The number of aliphatic carboxylic acids is 3. The number of carboxylic acid groups (broad SMARTS) is 3. The summed E-state index contributed by atoms with van der Waals surface area (Å²) in [4.78, 5) is 33.9. The molecule has 0 bridgehead atoms. The van der Waals surface area contributed by atoms with E-state index in [0.29, 0.717) is 42.9 Å². The van der Waals surface area contributed by atoms with Crippen molar-refractivity contribution in [2.75, 3.05) is 19.8 Å². The van der Waals surface area contributed by atoms with E-state index in [2.05, 4.69) is 78.0 Å². The predicted octanol–water partition coefficient (Wildman–Crippen LogP) is 19.0. The first-order valence-electron chi connectivity index (χ1n) is 43.1. The van der Waals surface area contributed by atoms with Gasteiger partial charge in [0.1, 0.15) is 0 Å². The quantitative estimate of drug-likeness (QED) is 0.0200. The van der Waals surface area contributed by atoms with Crippen LogP contribution in [0.15, 0.2) is 36.5 Å². The Labute approximate surface area is 639 Å². The Morgan fingerprint density at radius 2 is 0.410 bits per heavy atom. The molecule has 0 aromatic carbocycles. The maximum Gasteiger partial charge on any atom is 0.309 e. The van der Waals surface area contributed by atoms with Crippen LogP contribution in [0.3, 0.4) is 0 Å². The molecule has 0 amide bonds. The number of carboxylic acids is 3. The summed E-state index contributed by atoms with van der Waals surface area (Å²) in [5.41, 5.74) is -2.06. The molecule has 612 valence electrons. The predicted molar refractivity (Wildman–Crippen MR) is 426 cm³/mol. The van der Waals surface area contributed by atoms with Gasteiger partial charge in [-0.2, -0.15) is 0 Å². The summed E-state index contributed by atoms with van der Waals surface area (Å²) in [5.74, 6) is 0.759. The highest BCUT2D eigenvalue weighted by atomic mass is 16.4. The Hall–Kier alpha value is -2.73. The van der Waals surface area contributed by atoms with Crippen LogP contribution in [0, 0.1) is 104 Å². The lowest BCUT2D eigenvalue weighted by Gasteiger charge is -2.36. The monoisotopic (exact) mass is 1480 g/mol. The highest BCUT2D eigenvalue weighted by molar-refractivity contribution is 5.74. The second-order valence-corrected chi connectivity index (χ2v) is 39.2. The minimum absolute atomic E-state index is 0.00512. The standard InChI is InChI=1S/C30H52O6.C30H54O5.C30H56O4/c1-29(2,27(33)34)19-7-5-11-21-13-9-15-23(25(21)31)17-18-24-16-10-14-22(26(24)32)12-6-8-20-30(3,4)28(35)36;1-29(2,21-31)19-7-5-11-22-13-9-15-24(26(22)32)17-18-25-16-10-14-23(27(25)33)12-6-8-20-30(3,4)28(34)35;1-29(2,21-31)19-7-5-11-23-13-9-15-25(27(23)33)17-18-26-16-10-14-24(28(26)34)12-6-8-20-30(3,4)22-32/h17-18,21-26,31-32H,5-16,19-20H2,1-4H3,(H,33,34)(H,35,36);17-18,22-27,31-33H,5-16,19-21H2,1-4H3,(H,34,35);17-18,23-28,31-34H,5-16,19-22H2,1-4H3/b3*18-17-. The van der Waals surface area contributed by atoms with Gasteiger partial charge in [-0.05, 0) is 247 Å². The molecular formula is C90H162O15. The van der Waals surface area contributed by atoms with Crippen molar-refractivity contribution in [3.8, 4) is 0 Å². The first-order valence-corrected chi connectivity index (χ1v) is 43.1. The highest BCUT2D eigenvalue weighted by Gasteiger charge is 2.38. The van der Waals surface area contributed by atoms with Crippen LogP contribution in [0.4, 0.5) is 0 Å². The first-order chi connectivity index (χ1) is 49.4. The third kappa shape index (κ3) is 34.0. The topological polar surface area (TPSA) is 294 Å². The van der Waals surface area contributed by atoms with E-state index in [-0.39, 0.29) is 120 Å². The molecule has 6 saturated carbocycles. The van der Waals surface area contributed by atoms with E-state index in [1.807, 2.05) is 0 Å². The smallest absolute Gasteiger partial charge is 0.309 e. The Bertz CT molecular complexity index is 2390. The van der Waals surface area contributed by atoms with Gasteiger partial charge in [0.15, 0.2) is 0 Å². The van der Waals surface area contributed by atoms with Crippen LogP contribution in [-0.4, -0.2) is 136 Å². The summed E-state index contributed by atoms with van der Waals surface area (Å²) in [6.07, 6.45) is 54.0. The maximum atomic E-state index is 11.3. The fourth-order valence-corrected chi connectivity index (χ4v) is 18.4. The average molecular weight is 1480 g/mol. The van der Waals surface area contributed by atoms with Gasteiger partial charge in [-0.15, -0.1) is 0 Å². The van der Waals surface area contributed by atoms with Crippen LogP contribution >= 0.6 is 0 Å². The summed E-state index contributed by atoms with van der Waals surface area (Å²) in [5, 5.41) is 122. The van der Waals surface area contributed by atoms with Crippen molar-refractivity contribution in [2.45, 2.75) is 389 Å². The summed E-state index contributed by atoms with van der Waals surface area (Å²) < 4.78 is 0. The lowest BCUT2D eigenvalue weighted by Crippen LogP contribution is -2.34.